The number of carbonyl (C=O) groups excluding carboxylic acids is 1. The predicted molar refractivity (Wildman–Crippen MR) is 102 cm³/mol. The van der Waals surface area contributed by atoms with Gasteiger partial charge in [0.15, 0.2) is 5.69 Å². The summed E-state index contributed by atoms with van der Waals surface area (Å²) in [7, 11) is 0. The van der Waals surface area contributed by atoms with E-state index in [0.29, 0.717) is 40.5 Å². The Balaban J connectivity index is 1.66. The number of nitrogens with one attached hydrogen (secondary N) is 2. The van der Waals surface area contributed by atoms with Crippen molar-refractivity contribution in [3.8, 4) is 0 Å². The molecule has 2 aromatic carbocycles. The zero-order valence-electron chi connectivity index (χ0n) is 14.7. The third kappa shape index (κ3) is 3.05. The van der Waals surface area contributed by atoms with Crippen molar-refractivity contribution in [2.75, 3.05) is 0 Å². The second-order valence-corrected chi connectivity index (χ2v) is 6.46. The predicted octanol–water partition coefficient (Wildman–Crippen LogP) is 2.02. The minimum atomic E-state index is -0.876. The molecular weight excluding hydrogens is 360 g/mol. The van der Waals surface area contributed by atoms with E-state index in [1.165, 1.54) is 0 Å². The molecule has 0 radical (unpaired) electrons. The van der Waals surface area contributed by atoms with Crippen molar-refractivity contribution >= 4 is 28.4 Å². The Labute approximate surface area is 158 Å². The first-order chi connectivity index (χ1) is 13.6. The van der Waals surface area contributed by atoms with Crippen LogP contribution >= 0.6 is 0 Å². The van der Waals surface area contributed by atoms with Gasteiger partial charge in [-0.25, -0.2) is 10.5 Å². The summed E-state index contributed by atoms with van der Waals surface area (Å²) in [5, 5.41) is 20.6. The minimum Gasteiger partial charge on any atom is -0.481 e. The van der Waals surface area contributed by atoms with E-state index < -0.39 is 17.8 Å². The number of benzene rings is 2. The van der Waals surface area contributed by atoms with Crippen LogP contribution in [0.2, 0.25) is 0 Å². The summed E-state index contributed by atoms with van der Waals surface area (Å²) in [5.74, 6) is -2.02. The second kappa shape index (κ2) is 7.07. The molecule has 0 fully saturated rings. The number of hydrogen-bond acceptors (Lipinski definition) is 5. The maximum absolute atomic E-state index is 12.6. The lowest BCUT2D eigenvalue weighted by atomic mass is 9.82. The van der Waals surface area contributed by atoms with E-state index in [2.05, 4.69) is 20.7 Å². The Morgan fingerprint density at radius 1 is 1.11 bits per heavy atom. The molecular formula is C20H16N4O4. The molecule has 28 heavy (non-hydrogen) atoms. The number of fused-ring (bicyclic) bond motifs is 2. The third-order valence-electron chi connectivity index (χ3n) is 4.82. The standard InChI is InChI=1S/C20H16N4O4/c25-18-14-8-4-3-7-13(14)17(22-23-18)19(26)24-21-16-10-9-15(20(27)28)11-5-1-2-6-12(11)16/h1-8,15H,9-10H2,(H,23,25)(H,24,26)(H,27,28)/b21-16+. The first-order valence-electron chi connectivity index (χ1n) is 8.72. The van der Waals surface area contributed by atoms with Gasteiger partial charge < -0.3 is 5.11 Å². The molecule has 1 aliphatic carbocycles. The Morgan fingerprint density at radius 3 is 2.61 bits per heavy atom. The van der Waals surface area contributed by atoms with Crippen molar-refractivity contribution in [3.05, 3.63) is 75.7 Å². The number of rotatable bonds is 3. The number of hydrazone groups is 1. The molecule has 8 nitrogen and oxygen atoms in total. The van der Waals surface area contributed by atoms with E-state index in [1.807, 2.05) is 0 Å². The van der Waals surface area contributed by atoms with Crippen LogP contribution in [0.25, 0.3) is 10.8 Å². The molecule has 1 unspecified atom stereocenters. The monoisotopic (exact) mass is 376 g/mol. The van der Waals surface area contributed by atoms with Crippen molar-refractivity contribution in [2.24, 2.45) is 5.10 Å². The maximum Gasteiger partial charge on any atom is 0.311 e. The van der Waals surface area contributed by atoms with E-state index in [9.17, 15) is 19.5 Å². The van der Waals surface area contributed by atoms with Crippen LogP contribution in [0.5, 0.6) is 0 Å². The van der Waals surface area contributed by atoms with E-state index >= 15 is 0 Å². The molecule has 8 heteroatoms. The largest absolute Gasteiger partial charge is 0.481 e. The van der Waals surface area contributed by atoms with Gasteiger partial charge in [-0.1, -0.05) is 42.5 Å². The van der Waals surface area contributed by atoms with E-state index in [4.69, 9.17) is 0 Å². The SMILES string of the molecule is O=C(N/N=C1\CCC(C(=O)O)c2ccccc21)c1n[nH]c(=O)c2ccccc12. The van der Waals surface area contributed by atoms with Crippen molar-refractivity contribution in [1.82, 2.24) is 15.6 Å². The number of nitrogens with zero attached hydrogens (tertiary/aromatic N) is 2. The van der Waals surface area contributed by atoms with Crippen molar-refractivity contribution < 1.29 is 14.7 Å². The summed E-state index contributed by atoms with van der Waals surface area (Å²) in [6.45, 7) is 0. The second-order valence-electron chi connectivity index (χ2n) is 6.46. The molecule has 3 aromatic rings. The van der Waals surface area contributed by atoms with E-state index in [1.54, 1.807) is 48.5 Å². The van der Waals surface area contributed by atoms with Gasteiger partial charge in [-0.05, 0) is 24.5 Å². The van der Waals surface area contributed by atoms with Gasteiger partial charge in [-0.2, -0.15) is 10.2 Å². The number of amides is 1. The van der Waals surface area contributed by atoms with Crippen LogP contribution in [-0.4, -0.2) is 32.9 Å². The molecule has 4 rings (SSSR count). The highest BCUT2D eigenvalue weighted by atomic mass is 16.4. The molecule has 0 spiro atoms. The van der Waals surface area contributed by atoms with Gasteiger partial charge in [-0.15, -0.1) is 0 Å². The van der Waals surface area contributed by atoms with Crippen molar-refractivity contribution in [1.29, 1.82) is 0 Å². The molecule has 3 N–H and O–H groups in total. The number of aliphatic carboxylic acids is 1. The number of aromatic nitrogens is 2. The molecule has 0 saturated heterocycles. The smallest absolute Gasteiger partial charge is 0.311 e. The van der Waals surface area contributed by atoms with E-state index in [-0.39, 0.29) is 11.3 Å². The normalized spacial score (nSPS) is 17.3. The summed E-state index contributed by atoms with van der Waals surface area (Å²) < 4.78 is 0. The fourth-order valence-electron chi connectivity index (χ4n) is 3.47. The minimum absolute atomic E-state index is 0.0621. The lowest BCUT2D eigenvalue weighted by Gasteiger charge is -2.23. The molecule has 0 saturated carbocycles. The van der Waals surface area contributed by atoms with Crippen molar-refractivity contribution in [3.63, 3.8) is 0 Å². The summed E-state index contributed by atoms with van der Waals surface area (Å²) in [4.78, 5) is 35.9. The summed E-state index contributed by atoms with van der Waals surface area (Å²) in [5.41, 5.74) is 4.17. The molecule has 140 valence electrons. The quantitative estimate of drug-likeness (QED) is 0.603. The van der Waals surface area contributed by atoms with Crippen LogP contribution in [0, 0.1) is 0 Å². The molecule has 0 aliphatic heterocycles. The Morgan fingerprint density at radius 2 is 1.82 bits per heavy atom. The molecule has 1 aliphatic rings. The van der Waals surface area contributed by atoms with Crippen LogP contribution in [0.15, 0.2) is 58.4 Å². The zero-order chi connectivity index (χ0) is 19.7. The van der Waals surface area contributed by atoms with Gasteiger partial charge in [0.25, 0.3) is 11.5 Å². The number of carbonyl (C=O) groups is 2. The van der Waals surface area contributed by atoms with Gasteiger partial charge in [-0.3, -0.25) is 14.4 Å². The Hall–Kier alpha value is -3.81. The van der Waals surface area contributed by atoms with Crippen LogP contribution in [-0.2, 0) is 4.79 Å². The number of carboxylic acids is 1. The van der Waals surface area contributed by atoms with Gasteiger partial charge >= 0.3 is 5.97 Å². The topological polar surface area (TPSA) is 125 Å². The van der Waals surface area contributed by atoms with E-state index in [0.717, 1.165) is 0 Å². The van der Waals surface area contributed by atoms with Gasteiger partial charge in [0, 0.05) is 10.9 Å². The average Bonchev–Trinajstić information content (AvgIpc) is 2.72. The van der Waals surface area contributed by atoms with Crippen LogP contribution in [0.4, 0.5) is 0 Å². The molecule has 1 heterocycles. The van der Waals surface area contributed by atoms with Gasteiger partial charge in [0.2, 0.25) is 0 Å². The molecule has 1 aromatic heterocycles. The third-order valence-corrected chi connectivity index (χ3v) is 4.82. The zero-order valence-corrected chi connectivity index (χ0v) is 14.7. The molecule has 1 atom stereocenters. The lowest BCUT2D eigenvalue weighted by Crippen LogP contribution is -2.27. The number of aromatic amines is 1. The fourth-order valence-corrected chi connectivity index (χ4v) is 3.47. The highest BCUT2D eigenvalue weighted by Crippen LogP contribution is 2.31. The van der Waals surface area contributed by atoms with Crippen LogP contribution in [0.1, 0.15) is 40.4 Å². The summed E-state index contributed by atoms with van der Waals surface area (Å²) in [6.07, 6.45) is 0.828. The molecule has 1 amide bonds. The van der Waals surface area contributed by atoms with Crippen molar-refractivity contribution in [2.45, 2.75) is 18.8 Å². The maximum atomic E-state index is 12.6. The van der Waals surface area contributed by atoms with Gasteiger partial charge in [0.05, 0.1) is 17.0 Å². The number of carboxylic acid groups (broad SMARTS) is 1. The number of hydrogen-bond donors (Lipinski definition) is 3. The number of H-pyrrole nitrogens is 1. The molecule has 0 bridgehead atoms. The van der Waals surface area contributed by atoms with Crippen LogP contribution in [0.3, 0.4) is 0 Å². The highest BCUT2D eigenvalue weighted by molar-refractivity contribution is 6.07. The average molecular weight is 376 g/mol. The summed E-state index contributed by atoms with van der Waals surface area (Å²) in [6, 6.07) is 13.8. The fraction of sp³-hybridized carbons (Fsp3) is 0.150. The Bertz CT molecular complexity index is 1180. The highest BCUT2D eigenvalue weighted by Gasteiger charge is 2.29. The first-order valence-corrected chi connectivity index (χ1v) is 8.72. The summed E-state index contributed by atoms with van der Waals surface area (Å²) >= 11 is 0. The lowest BCUT2D eigenvalue weighted by molar-refractivity contribution is -0.139. The van der Waals surface area contributed by atoms with Crippen LogP contribution < -0.4 is 11.0 Å². The first kappa shape index (κ1) is 17.6. The Kier molecular flexibility index (Phi) is 4.44. The van der Waals surface area contributed by atoms with Gasteiger partial charge in [0.1, 0.15) is 0 Å².